The van der Waals surface area contributed by atoms with E-state index >= 15 is 0 Å². The number of fused-ring (bicyclic) bond motifs is 3. The molecule has 0 bridgehead atoms. The third-order valence-corrected chi connectivity index (χ3v) is 9.83. The maximum absolute atomic E-state index is 4.11. The average Bonchev–Trinajstić information content (AvgIpc) is 2.60. The number of allylic oxidation sites excluding steroid dienone is 1. The molecule has 0 nitrogen and oxygen atoms in total. The fraction of sp³-hybridized carbons (Fsp3) is 0.926. The van der Waals surface area contributed by atoms with E-state index in [1.807, 2.05) is 0 Å². The molecule has 3 aliphatic carbocycles. The van der Waals surface area contributed by atoms with Gasteiger partial charge in [-0.05, 0) is 105 Å². The van der Waals surface area contributed by atoms with Crippen molar-refractivity contribution >= 4 is 0 Å². The lowest BCUT2D eigenvalue weighted by atomic mass is 9.43. The lowest BCUT2D eigenvalue weighted by molar-refractivity contribution is -0.126. The van der Waals surface area contributed by atoms with Crippen molar-refractivity contribution in [3.8, 4) is 0 Å². The zero-order chi connectivity index (χ0) is 18.9. The Hall–Kier alpha value is -0.260. The lowest BCUT2D eigenvalue weighted by Crippen LogP contribution is -2.54. The molecule has 0 heteroatoms. The first kappa shape index (κ1) is 23.0. The Morgan fingerprint density at radius 1 is 1.07 bits per heavy atom. The van der Waals surface area contributed by atoms with Crippen molar-refractivity contribution in [1.82, 2.24) is 0 Å². The van der Waals surface area contributed by atoms with Gasteiger partial charge in [0.05, 0.1) is 0 Å². The van der Waals surface area contributed by atoms with Gasteiger partial charge < -0.3 is 0 Å². The number of hydrogen-bond acceptors (Lipinski definition) is 0. The van der Waals surface area contributed by atoms with Crippen LogP contribution in [0.15, 0.2) is 12.2 Å². The fourth-order valence-electron chi connectivity index (χ4n) is 8.06. The Labute approximate surface area is 172 Å². The van der Waals surface area contributed by atoms with Crippen LogP contribution in [0.2, 0.25) is 0 Å². The highest BCUT2D eigenvalue weighted by Crippen LogP contribution is 2.65. The van der Waals surface area contributed by atoms with E-state index in [0.29, 0.717) is 10.8 Å². The minimum atomic E-state index is 0. The molecule has 0 aromatic rings. The molecule has 3 unspecified atom stereocenters. The molecule has 0 aromatic heterocycles. The average molecular weight is 375 g/mol. The van der Waals surface area contributed by atoms with Gasteiger partial charge in [0.15, 0.2) is 0 Å². The molecule has 3 fully saturated rings. The van der Waals surface area contributed by atoms with Gasteiger partial charge in [-0.25, -0.2) is 0 Å². The Bertz CT molecular complexity index is 490. The van der Waals surface area contributed by atoms with Gasteiger partial charge in [-0.2, -0.15) is 0 Å². The van der Waals surface area contributed by atoms with E-state index in [0.717, 1.165) is 29.6 Å². The first-order valence-electron chi connectivity index (χ1n) is 12.0. The van der Waals surface area contributed by atoms with E-state index in [9.17, 15) is 0 Å². The van der Waals surface area contributed by atoms with Gasteiger partial charge in [0, 0.05) is 0 Å². The van der Waals surface area contributed by atoms with Crippen molar-refractivity contribution < 1.29 is 0 Å². The molecule has 158 valence electrons. The van der Waals surface area contributed by atoms with Crippen LogP contribution in [0.3, 0.4) is 0 Å². The second-order valence-electron chi connectivity index (χ2n) is 11.1. The molecule has 0 N–H and O–H groups in total. The molecular weight excluding hydrogens is 324 g/mol. The van der Waals surface area contributed by atoms with Crippen LogP contribution in [-0.4, -0.2) is 0 Å². The quantitative estimate of drug-likeness (QED) is 0.407. The van der Waals surface area contributed by atoms with E-state index in [-0.39, 0.29) is 7.43 Å². The molecule has 0 aromatic carbocycles. The summed E-state index contributed by atoms with van der Waals surface area (Å²) in [5.74, 6) is 4.92. The van der Waals surface area contributed by atoms with E-state index < -0.39 is 0 Å². The van der Waals surface area contributed by atoms with Gasteiger partial charge in [0.2, 0.25) is 0 Å². The monoisotopic (exact) mass is 374 g/mol. The lowest BCUT2D eigenvalue weighted by Gasteiger charge is -2.62. The predicted molar refractivity (Wildman–Crippen MR) is 122 cm³/mol. The highest BCUT2D eigenvalue weighted by atomic mass is 14.6. The molecule has 3 aliphatic rings. The number of rotatable bonds is 6. The highest BCUT2D eigenvalue weighted by molar-refractivity contribution is 5.05. The van der Waals surface area contributed by atoms with E-state index in [1.54, 1.807) is 0 Å². The number of hydrogen-bond donors (Lipinski definition) is 0. The summed E-state index contributed by atoms with van der Waals surface area (Å²) in [5.41, 5.74) is 2.61. The van der Waals surface area contributed by atoms with Crippen LogP contribution in [0.1, 0.15) is 119 Å². The standard InChI is InChI=1S/C26H46.CH4/c1-7-23-22-15-14-21-13-8-9-17-26(21,6)24(22)16-18-25(23,5)20(4)12-10-11-19(2)3;/h20-24H,2,7-18H2,1,3-6H3;1H4/t20-,21?,22+,23?,24?,25-,26+;/m1./s1. The van der Waals surface area contributed by atoms with Crippen molar-refractivity contribution in [2.75, 3.05) is 0 Å². The Morgan fingerprint density at radius 2 is 1.81 bits per heavy atom. The molecule has 7 atom stereocenters. The summed E-state index contributed by atoms with van der Waals surface area (Å²) in [6.07, 6.45) is 17.5. The molecular formula is C27H50. The normalized spacial score (nSPS) is 42.4. The van der Waals surface area contributed by atoms with Gasteiger partial charge in [-0.1, -0.05) is 60.0 Å². The van der Waals surface area contributed by atoms with Crippen LogP contribution < -0.4 is 0 Å². The third kappa shape index (κ3) is 4.20. The van der Waals surface area contributed by atoms with Crippen LogP contribution >= 0.6 is 0 Å². The summed E-state index contributed by atoms with van der Waals surface area (Å²) >= 11 is 0. The predicted octanol–water partition coefficient (Wildman–Crippen LogP) is 9.05. The molecule has 0 heterocycles. The smallest absolute Gasteiger partial charge is 0.0266 e. The molecule has 0 spiro atoms. The zero-order valence-corrected chi connectivity index (χ0v) is 18.6. The van der Waals surface area contributed by atoms with Crippen LogP contribution in [0.5, 0.6) is 0 Å². The van der Waals surface area contributed by atoms with Crippen molar-refractivity contribution in [3.63, 3.8) is 0 Å². The summed E-state index contributed by atoms with van der Waals surface area (Å²) in [5, 5.41) is 0. The summed E-state index contributed by atoms with van der Waals surface area (Å²) in [7, 11) is 0. The molecule has 0 saturated heterocycles. The summed E-state index contributed by atoms with van der Waals surface area (Å²) in [6, 6.07) is 0. The second-order valence-corrected chi connectivity index (χ2v) is 11.1. The van der Waals surface area contributed by atoms with Crippen molar-refractivity contribution in [2.45, 2.75) is 119 Å². The highest BCUT2D eigenvalue weighted by Gasteiger charge is 2.56. The minimum absolute atomic E-state index is 0. The van der Waals surface area contributed by atoms with Gasteiger partial charge >= 0.3 is 0 Å². The molecule has 3 saturated carbocycles. The minimum Gasteiger partial charge on any atom is -0.100 e. The summed E-state index contributed by atoms with van der Waals surface area (Å²) in [6.45, 7) is 16.8. The van der Waals surface area contributed by atoms with Crippen LogP contribution in [-0.2, 0) is 0 Å². The van der Waals surface area contributed by atoms with Crippen molar-refractivity contribution in [1.29, 1.82) is 0 Å². The first-order chi connectivity index (χ1) is 12.3. The van der Waals surface area contributed by atoms with Gasteiger partial charge in [0.1, 0.15) is 0 Å². The Balaban J connectivity index is 0.00000261. The fourth-order valence-corrected chi connectivity index (χ4v) is 8.06. The van der Waals surface area contributed by atoms with Gasteiger partial charge in [0.25, 0.3) is 0 Å². The van der Waals surface area contributed by atoms with E-state index in [4.69, 9.17) is 0 Å². The maximum Gasteiger partial charge on any atom is -0.0266 e. The van der Waals surface area contributed by atoms with Crippen LogP contribution in [0.4, 0.5) is 0 Å². The molecule has 0 amide bonds. The van der Waals surface area contributed by atoms with Crippen molar-refractivity contribution in [2.24, 2.45) is 40.4 Å². The Kier molecular flexibility index (Phi) is 7.71. The SMILES string of the molecule is C.C=C(C)CCC[C@@H](C)[C@@]1(C)CCC2[C@@H](CCC3CCCC[C@@]32C)C1CC. The van der Waals surface area contributed by atoms with E-state index in [2.05, 4.69) is 41.2 Å². The van der Waals surface area contributed by atoms with Gasteiger partial charge in [-0.3, -0.25) is 0 Å². The molecule has 3 rings (SSSR count). The zero-order valence-electron chi connectivity index (χ0n) is 18.6. The maximum atomic E-state index is 4.11. The summed E-state index contributed by atoms with van der Waals surface area (Å²) < 4.78 is 0. The van der Waals surface area contributed by atoms with Crippen LogP contribution in [0, 0.1) is 40.4 Å². The Morgan fingerprint density at radius 3 is 2.48 bits per heavy atom. The topological polar surface area (TPSA) is 0 Å². The largest absolute Gasteiger partial charge is 0.100 e. The summed E-state index contributed by atoms with van der Waals surface area (Å²) in [4.78, 5) is 0. The van der Waals surface area contributed by atoms with Crippen molar-refractivity contribution in [3.05, 3.63) is 12.2 Å². The first-order valence-corrected chi connectivity index (χ1v) is 12.0. The van der Waals surface area contributed by atoms with E-state index in [1.165, 1.54) is 82.6 Å². The molecule has 0 aliphatic heterocycles. The third-order valence-electron chi connectivity index (χ3n) is 9.83. The van der Waals surface area contributed by atoms with Crippen LogP contribution in [0.25, 0.3) is 0 Å². The molecule has 0 radical (unpaired) electrons. The molecule has 27 heavy (non-hydrogen) atoms. The second kappa shape index (κ2) is 9.04. The van der Waals surface area contributed by atoms with Gasteiger partial charge in [-0.15, -0.1) is 6.58 Å².